The molecule has 0 radical (unpaired) electrons. The predicted molar refractivity (Wildman–Crippen MR) is 113 cm³/mol. The molecule has 3 nitrogen and oxygen atoms in total. The monoisotopic (exact) mass is 578 g/mol. The Morgan fingerprint density at radius 3 is 1.67 bits per heavy atom. The summed E-state index contributed by atoms with van der Waals surface area (Å²) in [5.74, 6) is -2.86. The van der Waals surface area contributed by atoms with Gasteiger partial charge in [0.25, 0.3) is 0 Å². The van der Waals surface area contributed by atoms with Crippen molar-refractivity contribution in [2.45, 2.75) is 37.0 Å². The van der Waals surface area contributed by atoms with Crippen LogP contribution in [0.25, 0.3) is 0 Å². The molecule has 0 spiro atoms. The maximum atomic E-state index is 14.1. The van der Waals surface area contributed by atoms with Gasteiger partial charge in [-0.2, -0.15) is 52.7 Å². The van der Waals surface area contributed by atoms with Gasteiger partial charge in [-0.05, 0) is 42.3 Å². The molecule has 2 aromatic rings. The van der Waals surface area contributed by atoms with E-state index in [-0.39, 0.29) is 17.7 Å². The van der Waals surface area contributed by atoms with Gasteiger partial charge in [0.1, 0.15) is 0 Å². The average molecular weight is 578 g/mol. The molecule has 0 N–H and O–H groups in total. The van der Waals surface area contributed by atoms with Gasteiger partial charge in [-0.15, -0.1) is 0 Å². The molecule has 1 saturated heterocycles. The second-order valence-electron chi connectivity index (χ2n) is 9.35. The minimum absolute atomic E-state index is 0.133. The van der Waals surface area contributed by atoms with Gasteiger partial charge in [0, 0.05) is 37.8 Å². The van der Waals surface area contributed by atoms with E-state index in [2.05, 4.69) is 0 Å². The van der Waals surface area contributed by atoms with Crippen LogP contribution in [0.15, 0.2) is 42.5 Å². The van der Waals surface area contributed by atoms with Gasteiger partial charge in [-0.25, -0.2) is 0 Å². The Morgan fingerprint density at radius 2 is 1.21 bits per heavy atom. The fourth-order valence-electron chi connectivity index (χ4n) is 4.88. The van der Waals surface area contributed by atoms with Crippen molar-refractivity contribution < 1.29 is 57.5 Å². The largest absolute Gasteiger partial charge is 0.418 e. The molecular weight excluding hydrogens is 560 g/mol. The predicted octanol–water partition coefficient (Wildman–Crippen LogP) is 7.13. The summed E-state index contributed by atoms with van der Waals surface area (Å²) in [6, 6.07) is 3.77. The Morgan fingerprint density at radius 1 is 0.692 bits per heavy atom. The van der Waals surface area contributed by atoms with Gasteiger partial charge in [0.05, 0.1) is 16.7 Å². The van der Waals surface area contributed by atoms with Gasteiger partial charge in [-0.1, -0.05) is 12.1 Å². The number of carbonyl (C=O) groups is 1. The highest BCUT2D eigenvalue weighted by Gasteiger charge is 2.76. The number of halogens is 12. The number of amides is 1. The number of nitrogens with zero attached hydrogens (tertiary/aromatic N) is 2. The molecule has 0 aromatic heterocycles. The quantitative estimate of drug-likeness (QED) is 0.362. The minimum atomic E-state index is -5.08. The molecule has 2 atom stereocenters. The molecule has 15 heteroatoms. The number of carbonyl (C=O) groups excluding carboxylic acids is 1. The molecule has 0 unspecified atom stereocenters. The Hall–Kier alpha value is -3.13. The molecule has 2 fully saturated rings. The smallest absolute Gasteiger partial charge is 0.367 e. The fraction of sp³-hybridized carbons (Fsp3) is 0.458. The standard InChI is InChI=1S/C24H18F12N2O/c25-21(26,27)14-3-1-13(2-4-14)17-12-20(17,24(34,35)36)19(39)38-9-7-37(8-10-38)18-11-15(22(28,29)30)5-6-16(18)23(31,32)33/h1-6,11,17H,7-10,12H2/t17-,20+/m1/s1. The van der Waals surface area contributed by atoms with Crippen molar-refractivity contribution in [2.24, 2.45) is 5.41 Å². The maximum Gasteiger partial charge on any atom is 0.418 e. The first-order valence-corrected chi connectivity index (χ1v) is 11.3. The first kappa shape index (κ1) is 28.9. The average Bonchev–Trinajstić information content (AvgIpc) is 3.59. The van der Waals surface area contributed by atoms with Crippen LogP contribution in [-0.4, -0.2) is 43.2 Å². The lowest BCUT2D eigenvalue weighted by Gasteiger charge is -2.39. The molecule has 1 saturated carbocycles. The maximum absolute atomic E-state index is 14.1. The van der Waals surface area contributed by atoms with E-state index in [4.69, 9.17) is 0 Å². The summed E-state index contributed by atoms with van der Waals surface area (Å²) >= 11 is 0. The minimum Gasteiger partial charge on any atom is -0.367 e. The number of benzene rings is 2. The van der Waals surface area contributed by atoms with E-state index in [1.165, 1.54) is 0 Å². The summed E-state index contributed by atoms with van der Waals surface area (Å²) in [6.45, 7) is -1.97. The lowest BCUT2D eigenvalue weighted by atomic mass is 9.95. The topological polar surface area (TPSA) is 23.6 Å². The van der Waals surface area contributed by atoms with E-state index in [0.29, 0.717) is 18.2 Å². The number of hydrogen-bond donors (Lipinski definition) is 0. The van der Waals surface area contributed by atoms with Gasteiger partial charge < -0.3 is 9.80 Å². The normalized spacial score (nSPS) is 22.7. The van der Waals surface area contributed by atoms with Crippen molar-refractivity contribution in [2.75, 3.05) is 31.1 Å². The second kappa shape index (κ2) is 9.22. The number of rotatable bonds is 3. The molecular formula is C24H18F12N2O. The Kier molecular flexibility index (Phi) is 6.82. The number of alkyl halides is 12. The van der Waals surface area contributed by atoms with Crippen LogP contribution >= 0.6 is 0 Å². The molecule has 1 amide bonds. The van der Waals surface area contributed by atoms with E-state index < -0.39 is 96.9 Å². The molecule has 1 heterocycles. The second-order valence-corrected chi connectivity index (χ2v) is 9.35. The SMILES string of the molecule is O=C(N1CCN(c2cc(C(F)(F)F)ccc2C(F)(F)F)CC1)[C@]1(C(F)(F)F)C[C@@H]1c1ccc(C(F)(F)F)cc1. The van der Waals surface area contributed by atoms with Crippen molar-refractivity contribution in [3.8, 4) is 0 Å². The van der Waals surface area contributed by atoms with Crippen molar-refractivity contribution in [1.82, 2.24) is 4.90 Å². The summed E-state index contributed by atoms with van der Waals surface area (Å²) in [7, 11) is 0. The Bertz CT molecular complexity index is 1220. The first-order chi connectivity index (χ1) is 17.8. The zero-order valence-corrected chi connectivity index (χ0v) is 19.5. The molecule has 2 aliphatic rings. The third-order valence-electron chi connectivity index (χ3n) is 7.03. The van der Waals surface area contributed by atoms with Crippen molar-refractivity contribution in [3.63, 3.8) is 0 Å². The van der Waals surface area contributed by atoms with Crippen LogP contribution in [0, 0.1) is 5.41 Å². The Balaban J connectivity index is 1.55. The van der Waals surface area contributed by atoms with Gasteiger partial charge >= 0.3 is 24.7 Å². The molecule has 214 valence electrons. The van der Waals surface area contributed by atoms with E-state index in [0.717, 1.165) is 21.9 Å². The first-order valence-electron chi connectivity index (χ1n) is 11.3. The summed E-state index contributed by atoms with van der Waals surface area (Å²) in [5.41, 5.74) is -7.68. The highest BCUT2D eigenvalue weighted by atomic mass is 19.4. The summed E-state index contributed by atoms with van der Waals surface area (Å²) in [6.07, 6.45) is -20.5. The summed E-state index contributed by atoms with van der Waals surface area (Å²) < 4.78 is 161. The van der Waals surface area contributed by atoms with E-state index in [1.54, 1.807) is 0 Å². The third kappa shape index (κ3) is 5.36. The van der Waals surface area contributed by atoms with Crippen LogP contribution in [0.3, 0.4) is 0 Å². The van der Waals surface area contributed by atoms with E-state index >= 15 is 0 Å². The van der Waals surface area contributed by atoms with Gasteiger partial charge in [-0.3, -0.25) is 4.79 Å². The Labute approximate surface area is 213 Å². The van der Waals surface area contributed by atoms with Gasteiger partial charge in [0.2, 0.25) is 5.91 Å². The molecule has 0 bridgehead atoms. The highest BCUT2D eigenvalue weighted by molar-refractivity contribution is 5.89. The zero-order valence-electron chi connectivity index (χ0n) is 19.5. The van der Waals surface area contributed by atoms with Crippen molar-refractivity contribution in [1.29, 1.82) is 0 Å². The number of hydrogen-bond acceptors (Lipinski definition) is 2. The zero-order chi connectivity index (χ0) is 29.2. The van der Waals surface area contributed by atoms with Crippen molar-refractivity contribution >= 4 is 11.6 Å². The lowest BCUT2D eigenvalue weighted by Crippen LogP contribution is -2.53. The molecule has 1 aliphatic carbocycles. The summed E-state index contributed by atoms with van der Waals surface area (Å²) in [5, 5.41) is 0. The fourth-order valence-corrected chi connectivity index (χ4v) is 4.88. The van der Waals surface area contributed by atoms with Crippen LogP contribution < -0.4 is 4.90 Å². The van der Waals surface area contributed by atoms with E-state index in [1.807, 2.05) is 0 Å². The van der Waals surface area contributed by atoms with Crippen LogP contribution in [0.5, 0.6) is 0 Å². The number of piperazine rings is 1. The molecule has 4 rings (SSSR count). The van der Waals surface area contributed by atoms with Crippen LogP contribution in [-0.2, 0) is 23.3 Å². The lowest BCUT2D eigenvalue weighted by molar-refractivity contribution is -0.200. The van der Waals surface area contributed by atoms with Crippen LogP contribution in [0.2, 0.25) is 0 Å². The van der Waals surface area contributed by atoms with Crippen LogP contribution in [0.4, 0.5) is 58.4 Å². The van der Waals surface area contributed by atoms with Gasteiger partial charge in [0.15, 0.2) is 5.41 Å². The molecule has 2 aromatic carbocycles. The molecule has 1 aliphatic heterocycles. The third-order valence-corrected chi connectivity index (χ3v) is 7.03. The van der Waals surface area contributed by atoms with Crippen molar-refractivity contribution in [3.05, 3.63) is 64.7 Å². The number of anilines is 1. The molecule has 39 heavy (non-hydrogen) atoms. The summed E-state index contributed by atoms with van der Waals surface area (Å²) in [4.78, 5) is 14.8. The van der Waals surface area contributed by atoms with E-state index in [9.17, 15) is 57.5 Å². The van der Waals surface area contributed by atoms with Crippen LogP contribution in [0.1, 0.15) is 34.6 Å². The highest BCUT2D eigenvalue weighted by Crippen LogP contribution is 2.68.